The number of thiol groups is 2. The standard InChI is InChI=1S/C25H40N4S2/c1-24(2,3)18-10-16(14-26)22(30)20(12-18)28-8-7-9-29-21-13-19(25(4,5)6)11-17(15-27)23(21)31/h10-13,28-31H,7-9,14-15,26-27H2,1-6H3. The number of anilines is 2. The molecule has 0 saturated carbocycles. The first-order valence-electron chi connectivity index (χ1n) is 11.0. The van der Waals surface area contributed by atoms with Crippen LogP contribution in [0.1, 0.15) is 70.2 Å². The zero-order valence-electron chi connectivity index (χ0n) is 19.9. The maximum absolute atomic E-state index is 5.95. The van der Waals surface area contributed by atoms with E-state index in [1.165, 1.54) is 11.1 Å². The van der Waals surface area contributed by atoms with Gasteiger partial charge in [-0.25, -0.2) is 0 Å². The summed E-state index contributed by atoms with van der Waals surface area (Å²) in [6, 6.07) is 8.73. The fourth-order valence-corrected chi connectivity index (χ4v) is 3.97. The van der Waals surface area contributed by atoms with E-state index < -0.39 is 0 Å². The fourth-order valence-electron chi connectivity index (χ4n) is 3.37. The molecule has 0 aliphatic carbocycles. The lowest BCUT2D eigenvalue weighted by atomic mass is 9.85. The van der Waals surface area contributed by atoms with Crippen molar-refractivity contribution in [1.29, 1.82) is 0 Å². The van der Waals surface area contributed by atoms with E-state index in [0.29, 0.717) is 13.1 Å². The molecule has 172 valence electrons. The van der Waals surface area contributed by atoms with Crippen molar-refractivity contribution in [3.8, 4) is 0 Å². The Balaban J connectivity index is 2.05. The molecule has 0 radical (unpaired) electrons. The summed E-state index contributed by atoms with van der Waals surface area (Å²) in [5.41, 5.74) is 18.8. The third kappa shape index (κ3) is 6.82. The van der Waals surface area contributed by atoms with Crippen LogP contribution in [0.5, 0.6) is 0 Å². The molecule has 31 heavy (non-hydrogen) atoms. The molecule has 0 fully saturated rings. The first kappa shape index (κ1) is 25.9. The van der Waals surface area contributed by atoms with E-state index in [9.17, 15) is 0 Å². The Morgan fingerprint density at radius 3 is 1.32 bits per heavy atom. The minimum Gasteiger partial charge on any atom is -0.384 e. The van der Waals surface area contributed by atoms with Crippen molar-refractivity contribution in [2.45, 2.75) is 81.7 Å². The van der Waals surface area contributed by atoms with Gasteiger partial charge in [-0.3, -0.25) is 0 Å². The Bertz CT molecular complexity index is 822. The van der Waals surface area contributed by atoms with Gasteiger partial charge < -0.3 is 22.1 Å². The van der Waals surface area contributed by atoms with E-state index in [1.54, 1.807) is 0 Å². The van der Waals surface area contributed by atoms with E-state index in [1.807, 2.05) is 0 Å². The second-order valence-electron chi connectivity index (χ2n) is 10.2. The van der Waals surface area contributed by atoms with Crippen LogP contribution in [0.2, 0.25) is 0 Å². The molecule has 0 aromatic heterocycles. The second-order valence-corrected chi connectivity index (χ2v) is 11.1. The first-order chi connectivity index (χ1) is 14.4. The van der Waals surface area contributed by atoms with Crippen molar-refractivity contribution in [2.75, 3.05) is 23.7 Å². The molecule has 0 bridgehead atoms. The third-order valence-corrected chi connectivity index (χ3v) is 6.59. The zero-order valence-corrected chi connectivity index (χ0v) is 21.7. The molecular formula is C25H40N4S2. The van der Waals surface area contributed by atoms with Crippen LogP contribution in [0.4, 0.5) is 11.4 Å². The predicted octanol–water partition coefficient (Wildman–Crippen LogP) is 5.69. The van der Waals surface area contributed by atoms with Crippen LogP contribution in [0, 0.1) is 0 Å². The van der Waals surface area contributed by atoms with Gasteiger partial charge in [0.25, 0.3) is 0 Å². The molecule has 2 aromatic rings. The summed E-state index contributed by atoms with van der Waals surface area (Å²) in [5, 5.41) is 7.10. The Kier molecular flexibility index (Phi) is 8.79. The molecule has 0 unspecified atom stereocenters. The third-order valence-electron chi connectivity index (χ3n) is 5.53. The van der Waals surface area contributed by atoms with Crippen LogP contribution in [-0.2, 0) is 23.9 Å². The Morgan fingerprint density at radius 1 is 0.677 bits per heavy atom. The summed E-state index contributed by atoms with van der Waals surface area (Å²) in [5.74, 6) is 0. The molecule has 2 rings (SSSR count). The highest BCUT2D eigenvalue weighted by molar-refractivity contribution is 7.80. The molecule has 0 saturated heterocycles. The quantitative estimate of drug-likeness (QED) is 0.226. The maximum atomic E-state index is 5.95. The van der Waals surface area contributed by atoms with Crippen LogP contribution >= 0.6 is 25.3 Å². The van der Waals surface area contributed by atoms with Gasteiger partial charge in [0.1, 0.15) is 0 Å². The van der Waals surface area contributed by atoms with E-state index >= 15 is 0 Å². The smallest absolute Gasteiger partial charge is 0.0482 e. The lowest BCUT2D eigenvalue weighted by Gasteiger charge is -2.24. The topological polar surface area (TPSA) is 76.1 Å². The van der Waals surface area contributed by atoms with E-state index in [4.69, 9.17) is 36.7 Å². The van der Waals surface area contributed by atoms with Crippen LogP contribution < -0.4 is 22.1 Å². The van der Waals surface area contributed by atoms with Crippen molar-refractivity contribution in [1.82, 2.24) is 0 Å². The Morgan fingerprint density at radius 2 is 1.03 bits per heavy atom. The maximum Gasteiger partial charge on any atom is 0.0482 e. The first-order valence-corrected chi connectivity index (χ1v) is 11.9. The molecule has 0 amide bonds. The Hall–Kier alpha value is -1.34. The molecule has 4 nitrogen and oxygen atoms in total. The normalized spacial score (nSPS) is 12.2. The number of benzene rings is 2. The van der Waals surface area contributed by atoms with Crippen LogP contribution in [0.3, 0.4) is 0 Å². The number of hydrogen-bond acceptors (Lipinski definition) is 6. The molecule has 0 atom stereocenters. The van der Waals surface area contributed by atoms with Gasteiger partial charge >= 0.3 is 0 Å². The van der Waals surface area contributed by atoms with Crippen molar-refractivity contribution < 1.29 is 0 Å². The second kappa shape index (κ2) is 10.5. The summed E-state index contributed by atoms with van der Waals surface area (Å²) >= 11 is 9.42. The number of nitrogens with one attached hydrogen (secondary N) is 2. The lowest BCUT2D eigenvalue weighted by molar-refractivity contribution is 0.588. The zero-order chi connectivity index (χ0) is 23.4. The predicted molar refractivity (Wildman–Crippen MR) is 142 cm³/mol. The Labute approximate surface area is 199 Å². The van der Waals surface area contributed by atoms with Crippen LogP contribution in [0.15, 0.2) is 34.1 Å². The largest absolute Gasteiger partial charge is 0.384 e. The van der Waals surface area contributed by atoms with Gasteiger partial charge in [0.15, 0.2) is 0 Å². The number of rotatable bonds is 8. The van der Waals surface area contributed by atoms with Gasteiger partial charge in [0, 0.05) is 47.3 Å². The van der Waals surface area contributed by atoms with E-state index in [2.05, 4.69) is 76.4 Å². The lowest BCUT2D eigenvalue weighted by Crippen LogP contribution is -2.16. The summed E-state index contributed by atoms with van der Waals surface area (Å²) in [7, 11) is 0. The molecule has 0 aliphatic heterocycles. The molecule has 0 spiro atoms. The minimum absolute atomic E-state index is 0.0606. The molecule has 6 heteroatoms. The van der Waals surface area contributed by atoms with E-state index in [-0.39, 0.29) is 10.8 Å². The van der Waals surface area contributed by atoms with Crippen molar-refractivity contribution in [2.24, 2.45) is 11.5 Å². The minimum atomic E-state index is 0.0606. The van der Waals surface area contributed by atoms with Crippen LogP contribution in [0.25, 0.3) is 0 Å². The van der Waals surface area contributed by atoms with Crippen molar-refractivity contribution >= 4 is 36.6 Å². The van der Waals surface area contributed by atoms with Gasteiger partial charge in [-0.2, -0.15) is 0 Å². The van der Waals surface area contributed by atoms with Crippen LogP contribution in [-0.4, -0.2) is 13.1 Å². The fraction of sp³-hybridized carbons (Fsp3) is 0.520. The van der Waals surface area contributed by atoms with Crippen molar-refractivity contribution in [3.05, 3.63) is 46.5 Å². The highest BCUT2D eigenvalue weighted by Gasteiger charge is 2.18. The monoisotopic (exact) mass is 460 g/mol. The van der Waals surface area contributed by atoms with Crippen molar-refractivity contribution in [3.63, 3.8) is 0 Å². The SMILES string of the molecule is CC(C)(C)c1cc(CN)c(S)c(NCCCNc2cc(C(C)(C)C)cc(CN)c2S)c1. The summed E-state index contributed by atoms with van der Waals surface area (Å²) < 4.78 is 0. The summed E-state index contributed by atoms with van der Waals surface area (Å²) in [6.07, 6.45) is 0.954. The highest BCUT2D eigenvalue weighted by Crippen LogP contribution is 2.33. The highest BCUT2D eigenvalue weighted by atomic mass is 32.1. The molecule has 0 aliphatic rings. The van der Waals surface area contributed by atoms with Gasteiger partial charge in [-0.15, -0.1) is 25.3 Å². The van der Waals surface area contributed by atoms with Gasteiger partial charge in [0.2, 0.25) is 0 Å². The summed E-state index contributed by atoms with van der Waals surface area (Å²) in [4.78, 5) is 1.87. The molecular weight excluding hydrogens is 420 g/mol. The molecule has 2 aromatic carbocycles. The number of hydrogen-bond donors (Lipinski definition) is 6. The van der Waals surface area contributed by atoms with Gasteiger partial charge in [0.05, 0.1) is 0 Å². The average molecular weight is 461 g/mol. The molecule has 6 N–H and O–H groups in total. The van der Waals surface area contributed by atoms with Gasteiger partial charge in [-0.05, 0) is 51.6 Å². The van der Waals surface area contributed by atoms with E-state index in [0.717, 1.165) is 51.8 Å². The molecule has 0 heterocycles. The van der Waals surface area contributed by atoms with Gasteiger partial charge in [-0.1, -0.05) is 53.7 Å². The number of nitrogens with two attached hydrogens (primary N) is 2. The average Bonchev–Trinajstić information content (AvgIpc) is 2.68. The summed E-state index contributed by atoms with van der Waals surface area (Å²) in [6.45, 7) is 15.9.